The minimum absolute atomic E-state index is 0.0232. The van der Waals surface area contributed by atoms with Crippen LogP contribution in [0.1, 0.15) is 203 Å². The lowest BCUT2D eigenvalue weighted by molar-refractivity contribution is -0.181. The molecule has 0 bridgehead atoms. The fourth-order valence-electron chi connectivity index (χ4n) is 12.8. The first-order valence-corrected chi connectivity index (χ1v) is 21.4. The molecule has 0 saturated heterocycles. The third-order valence-corrected chi connectivity index (χ3v) is 16.3. The van der Waals surface area contributed by atoms with Crippen LogP contribution in [0.15, 0.2) is 23.5 Å². The fourth-order valence-corrected chi connectivity index (χ4v) is 12.8. The van der Waals surface area contributed by atoms with Gasteiger partial charge in [-0.15, -0.1) is 0 Å². The van der Waals surface area contributed by atoms with E-state index in [4.69, 9.17) is 4.74 Å². The first kappa shape index (κ1) is 39.6. The summed E-state index contributed by atoms with van der Waals surface area (Å²) in [7, 11) is 0. The molecule has 0 aliphatic heterocycles. The molecule has 5 aliphatic carbocycles. The number of carboxylic acid groups (broad SMARTS) is 1. The maximum atomic E-state index is 13.1. The standard InChI is InChI=1S/C46H76O4/c1-9-10-11-12-13-14-15-16-17-18-19-20-21-22-39(47)50-38-26-27-43(6)36(42(38,4)5)25-28-45(8)37(43)24-23-34-35-33-41(2,3)29-31-46(35,40(48)49)32-30-44(34,45)7/h23,26,35-37H,9-22,24-25,27-33H2,1-8H3,(H,48,49)/t35-,36-,37+,43-,44+,45+,46-/m0/s1. The molecule has 0 amide bonds. The number of ether oxygens (including phenoxy) is 1. The Kier molecular flexibility index (Phi) is 12.2. The van der Waals surface area contributed by atoms with Crippen molar-refractivity contribution in [2.45, 2.75) is 203 Å². The van der Waals surface area contributed by atoms with Crippen molar-refractivity contribution in [1.29, 1.82) is 0 Å². The number of unbranched alkanes of at least 4 members (excludes halogenated alkanes) is 12. The summed E-state index contributed by atoms with van der Waals surface area (Å²) in [5.74, 6) is 1.43. The van der Waals surface area contributed by atoms with E-state index in [2.05, 4.69) is 67.5 Å². The summed E-state index contributed by atoms with van der Waals surface area (Å²) in [5, 5.41) is 10.7. The van der Waals surface area contributed by atoms with Crippen LogP contribution in [0.2, 0.25) is 0 Å². The summed E-state index contributed by atoms with van der Waals surface area (Å²) < 4.78 is 6.24. The highest BCUT2D eigenvalue weighted by molar-refractivity contribution is 5.76. The zero-order chi connectivity index (χ0) is 36.4. The molecule has 5 rings (SSSR count). The Balaban J connectivity index is 1.17. The molecule has 0 aromatic heterocycles. The van der Waals surface area contributed by atoms with Gasteiger partial charge in [-0.1, -0.05) is 144 Å². The van der Waals surface area contributed by atoms with Crippen molar-refractivity contribution >= 4 is 11.9 Å². The van der Waals surface area contributed by atoms with E-state index in [1.54, 1.807) is 0 Å². The van der Waals surface area contributed by atoms with E-state index in [-0.39, 0.29) is 39.0 Å². The van der Waals surface area contributed by atoms with Gasteiger partial charge in [-0.05, 0) is 110 Å². The smallest absolute Gasteiger partial charge is 0.310 e. The number of carbonyl (C=O) groups is 2. The van der Waals surface area contributed by atoms with Crippen molar-refractivity contribution in [3.8, 4) is 0 Å². The van der Waals surface area contributed by atoms with Crippen LogP contribution in [0.4, 0.5) is 0 Å². The van der Waals surface area contributed by atoms with Gasteiger partial charge in [0.25, 0.3) is 0 Å². The lowest BCUT2D eigenvalue weighted by Gasteiger charge is -2.70. The molecule has 4 heteroatoms. The second-order valence-corrected chi connectivity index (χ2v) is 20.1. The highest BCUT2D eigenvalue weighted by Gasteiger charge is 2.69. The van der Waals surface area contributed by atoms with Crippen molar-refractivity contribution in [2.75, 3.05) is 0 Å². The third kappa shape index (κ3) is 7.31. The minimum Gasteiger partial charge on any atom is -0.481 e. The number of fused-ring (bicyclic) bond motifs is 7. The summed E-state index contributed by atoms with van der Waals surface area (Å²) in [6, 6.07) is 0. The molecular weight excluding hydrogens is 617 g/mol. The van der Waals surface area contributed by atoms with Gasteiger partial charge in [0, 0.05) is 11.8 Å². The van der Waals surface area contributed by atoms with Crippen molar-refractivity contribution in [3.05, 3.63) is 23.5 Å². The SMILES string of the molecule is CCCCCCCCCCCCCCCC(=O)OC1=CC[C@]2(C)[C@H]3CC=C4[C@@H]5CC(C)(C)CC[C@]5(C(=O)O)CC[C@@]4(C)[C@]3(C)CC[C@H]2C1(C)C. The first-order chi connectivity index (χ1) is 23.6. The molecule has 284 valence electrons. The third-order valence-electron chi connectivity index (χ3n) is 16.3. The quantitative estimate of drug-likeness (QED) is 0.0993. The Labute approximate surface area is 307 Å². The second kappa shape index (κ2) is 15.4. The Morgan fingerprint density at radius 1 is 0.740 bits per heavy atom. The fraction of sp³-hybridized carbons (Fsp3) is 0.870. The van der Waals surface area contributed by atoms with Crippen LogP contribution in [0.25, 0.3) is 0 Å². The second-order valence-electron chi connectivity index (χ2n) is 20.1. The van der Waals surface area contributed by atoms with E-state index in [1.165, 1.54) is 76.2 Å². The predicted octanol–water partition coefficient (Wildman–Crippen LogP) is 13.4. The number of aliphatic carboxylic acids is 1. The zero-order valence-corrected chi connectivity index (χ0v) is 33.8. The maximum Gasteiger partial charge on any atom is 0.310 e. The van der Waals surface area contributed by atoms with Crippen molar-refractivity contribution in [1.82, 2.24) is 0 Å². The van der Waals surface area contributed by atoms with E-state index in [9.17, 15) is 14.7 Å². The number of carbonyl (C=O) groups excluding carboxylic acids is 1. The van der Waals surface area contributed by atoms with Gasteiger partial charge >= 0.3 is 11.9 Å². The van der Waals surface area contributed by atoms with Crippen molar-refractivity contribution < 1.29 is 19.4 Å². The highest BCUT2D eigenvalue weighted by Crippen LogP contribution is 2.75. The average molecular weight is 693 g/mol. The number of esters is 1. The molecule has 4 nitrogen and oxygen atoms in total. The van der Waals surface area contributed by atoms with Gasteiger partial charge in [-0.3, -0.25) is 9.59 Å². The molecule has 0 aromatic rings. The van der Waals surface area contributed by atoms with Gasteiger partial charge in [0.1, 0.15) is 5.76 Å². The van der Waals surface area contributed by atoms with Gasteiger partial charge in [0.2, 0.25) is 0 Å². The highest BCUT2D eigenvalue weighted by atomic mass is 16.5. The van der Waals surface area contributed by atoms with E-state index >= 15 is 0 Å². The van der Waals surface area contributed by atoms with Gasteiger partial charge < -0.3 is 9.84 Å². The summed E-state index contributed by atoms with van der Waals surface area (Å²) in [4.78, 5) is 26.1. The molecule has 0 heterocycles. The van der Waals surface area contributed by atoms with Crippen LogP contribution in [-0.2, 0) is 14.3 Å². The topological polar surface area (TPSA) is 63.6 Å². The van der Waals surface area contributed by atoms with E-state index < -0.39 is 11.4 Å². The van der Waals surface area contributed by atoms with Crippen LogP contribution in [0, 0.1) is 50.2 Å². The van der Waals surface area contributed by atoms with Gasteiger partial charge in [-0.2, -0.15) is 0 Å². The van der Waals surface area contributed by atoms with Gasteiger partial charge in [-0.25, -0.2) is 0 Å². The van der Waals surface area contributed by atoms with E-state index in [0.717, 1.165) is 76.4 Å². The lowest BCUT2D eigenvalue weighted by Crippen LogP contribution is -2.63. The van der Waals surface area contributed by atoms with Crippen LogP contribution in [0.3, 0.4) is 0 Å². The molecule has 0 aromatic carbocycles. The Morgan fingerprint density at radius 2 is 1.32 bits per heavy atom. The summed E-state index contributed by atoms with van der Waals surface area (Å²) >= 11 is 0. The Bertz CT molecular complexity index is 1270. The molecule has 1 N–H and O–H groups in total. The number of allylic oxidation sites excluding steroid dienone is 4. The molecule has 0 spiro atoms. The zero-order valence-electron chi connectivity index (χ0n) is 33.8. The Hall–Kier alpha value is -1.58. The van der Waals surface area contributed by atoms with E-state index in [1.807, 2.05) is 0 Å². The average Bonchev–Trinajstić information content (AvgIpc) is 3.04. The molecule has 5 aliphatic rings. The summed E-state index contributed by atoms with van der Waals surface area (Å²) in [6.07, 6.45) is 31.2. The van der Waals surface area contributed by atoms with Crippen LogP contribution >= 0.6 is 0 Å². The van der Waals surface area contributed by atoms with Crippen molar-refractivity contribution in [2.24, 2.45) is 50.2 Å². The number of hydrogen-bond acceptors (Lipinski definition) is 3. The molecule has 7 atom stereocenters. The minimum atomic E-state index is -0.591. The molecular formula is C46H76O4. The predicted molar refractivity (Wildman–Crippen MR) is 207 cm³/mol. The molecule has 0 radical (unpaired) electrons. The van der Waals surface area contributed by atoms with Gasteiger partial charge in [0.05, 0.1) is 5.41 Å². The van der Waals surface area contributed by atoms with E-state index in [0.29, 0.717) is 18.3 Å². The first-order valence-electron chi connectivity index (χ1n) is 21.4. The van der Waals surface area contributed by atoms with Gasteiger partial charge in [0.15, 0.2) is 0 Å². The summed E-state index contributed by atoms with van der Waals surface area (Å²) in [6.45, 7) is 19.3. The lowest BCUT2D eigenvalue weighted by atomic mass is 9.34. The molecule has 3 fully saturated rings. The number of rotatable bonds is 16. The normalized spacial score (nSPS) is 36.9. The van der Waals surface area contributed by atoms with Crippen molar-refractivity contribution in [3.63, 3.8) is 0 Å². The van der Waals surface area contributed by atoms with Crippen LogP contribution in [0.5, 0.6) is 0 Å². The summed E-state index contributed by atoms with van der Waals surface area (Å²) in [5.41, 5.74) is 1.15. The molecule has 0 unspecified atom stereocenters. The number of carboxylic acids is 1. The van der Waals surface area contributed by atoms with Crippen LogP contribution < -0.4 is 0 Å². The molecule has 50 heavy (non-hydrogen) atoms. The number of hydrogen-bond donors (Lipinski definition) is 1. The van der Waals surface area contributed by atoms with Crippen LogP contribution in [-0.4, -0.2) is 17.0 Å². The monoisotopic (exact) mass is 693 g/mol. The molecule has 3 saturated carbocycles. The Morgan fingerprint density at radius 3 is 1.92 bits per heavy atom. The maximum absolute atomic E-state index is 13.1. The largest absolute Gasteiger partial charge is 0.481 e.